The molecular formula is C15H19BrN2O5. The van der Waals surface area contributed by atoms with E-state index in [2.05, 4.69) is 26.6 Å². The second-order valence-electron chi connectivity index (χ2n) is 5.27. The Morgan fingerprint density at radius 2 is 1.83 bits per heavy atom. The van der Waals surface area contributed by atoms with Crippen molar-refractivity contribution in [1.29, 1.82) is 0 Å². The van der Waals surface area contributed by atoms with Gasteiger partial charge in [-0.3, -0.25) is 14.9 Å². The molecule has 0 bridgehead atoms. The van der Waals surface area contributed by atoms with E-state index >= 15 is 0 Å². The molecule has 0 aliphatic rings. The Kier molecular flexibility index (Phi) is 7.53. The van der Waals surface area contributed by atoms with Gasteiger partial charge in [0.1, 0.15) is 6.54 Å². The highest BCUT2D eigenvalue weighted by molar-refractivity contribution is 9.10. The first-order valence-corrected chi connectivity index (χ1v) is 7.80. The van der Waals surface area contributed by atoms with E-state index in [4.69, 9.17) is 9.84 Å². The molecule has 0 fully saturated rings. The van der Waals surface area contributed by atoms with E-state index < -0.39 is 30.6 Å². The fourth-order valence-corrected chi connectivity index (χ4v) is 1.99. The van der Waals surface area contributed by atoms with Crippen LogP contribution in [0.4, 0.5) is 10.5 Å². The lowest BCUT2D eigenvalue weighted by Gasteiger charge is -2.19. The number of amides is 2. The van der Waals surface area contributed by atoms with Crippen molar-refractivity contribution in [3.63, 3.8) is 0 Å². The summed E-state index contributed by atoms with van der Waals surface area (Å²) in [5.41, 5.74) is 0.521. The third-order valence-electron chi connectivity index (χ3n) is 2.73. The molecule has 0 radical (unpaired) electrons. The van der Waals surface area contributed by atoms with E-state index in [1.807, 2.05) is 13.8 Å². The second kappa shape index (κ2) is 9.14. The zero-order valence-corrected chi connectivity index (χ0v) is 14.4. The summed E-state index contributed by atoms with van der Waals surface area (Å²) in [7, 11) is 0. The van der Waals surface area contributed by atoms with E-state index in [-0.39, 0.29) is 5.92 Å². The monoisotopic (exact) mass is 386 g/mol. The first kappa shape index (κ1) is 19.0. The number of rotatable bonds is 7. The molecule has 0 aliphatic carbocycles. The molecule has 2 amide bonds. The first-order valence-electron chi connectivity index (χ1n) is 7.00. The van der Waals surface area contributed by atoms with Crippen molar-refractivity contribution in [3.05, 3.63) is 28.7 Å². The summed E-state index contributed by atoms with van der Waals surface area (Å²) in [5.74, 6) is -1.70. The van der Waals surface area contributed by atoms with Crippen LogP contribution in [0.15, 0.2) is 28.7 Å². The quantitative estimate of drug-likeness (QED) is 0.667. The summed E-state index contributed by atoms with van der Waals surface area (Å²) in [6, 6.07) is 6.85. The van der Waals surface area contributed by atoms with Gasteiger partial charge in [-0.15, -0.1) is 0 Å². The Bertz CT molecular complexity index is 559. The van der Waals surface area contributed by atoms with Crippen LogP contribution < -0.4 is 10.6 Å². The van der Waals surface area contributed by atoms with Gasteiger partial charge in [0, 0.05) is 10.2 Å². The van der Waals surface area contributed by atoms with E-state index in [9.17, 15) is 14.4 Å². The molecule has 0 aliphatic heterocycles. The van der Waals surface area contributed by atoms with Crippen LogP contribution >= 0.6 is 15.9 Å². The summed E-state index contributed by atoms with van der Waals surface area (Å²) < 4.78 is 5.99. The Labute approximate surface area is 142 Å². The summed E-state index contributed by atoms with van der Waals surface area (Å²) in [6.07, 6.45) is -1.53. The van der Waals surface area contributed by atoms with Gasteiger partial charge >= 0.3 is 12.1 Å². The molecule has 0 heterocycles. The summed E-state index contributed by atoms with van der Waals surface area (Å²) in [4.78, 5) is 34.3. The number of carboxylic acids is 1. The highest BCUT2D eigenvalue weighted by Gasteiger charge is 2.24. The molecule has 7 nitrogen and oxygen atoms in total. The molecule has 3 N–H and O–H groups in total. The molecule has 1 atom stereocenters. The van der Waals surface area contributed by atoms with Crippen LogP contribution in [0.5, 0.6) is 0 Å². The number of hydrogen-bond acceptors (Lipinski definition) is 4. The van der Waals surface area contributed by atoms with Crippen LogP contribution in [-0.4, -0.2) is 35.7 Å². The van der Waals surface area contributed by atoms with Gasteiger partial charge < -0.3 is 15.2 Å². The molecule has 0 saturated heterocycles. The van der Waals surface area contributed by atoms with Gasteiger partial charge in [0.05, 0.1) is 0 Å². The van der Waals surface area contributed by atoms with Crippen LogP contribution in [0.25, 0.3) is 0 Å². The molecule has 126 valence electrons. The molecule has 1 rings (SSSR count). The summed E-state index contributed by atoms with van der Waals surface area (Å²) in [6.45, 7) is 3.21. The van der Waals surface area contributed by atoms with Crippen molar-refractivity contribution in [3.8, 4) is 0 Å². The van der Waals surface area contributed by atoms with Crippen molar-refractivity contribution in [2.24, 2.45) is 5.92 Å². The zero-order chi connectivity index (χ0) is 17.4. The molecule has 1 aromatic carbocycles. The van der Waals surface area contributed by atoms with Crippen LogP contribution in [-0.2, 0) is 14.3 Å². The third kappa shape index (κ3) is 7.64. The molecule has 8 heteroatoms. The van der Waals surface area contributed by atoms with Crippen molar-refractivity contribution < 1.29 is 24.2 Å². The third-order valence-corrected chi connectivity index (χ3v) is 3.26. The highest BCUT2D eigenvalue weighted by atomic mass is 79.9. The lowest BCUT2D eigenvalue weighted by atomic mass is 10.1. The Balaban J connectivity index is 2.64. The Hall–Kier alpha value is -2.09. The van der Waals surface area contributed by atoms with Gasteiger partial charge in [-0.25, -0.2) is 4.79 Å². The van der Waals surface area contributed by atoms with Crippen LogP contribution in [0.3, 0.4) is 0 Å². The number of benzene rings is 1. The minimum absolute atomic E-state index is 0.0936. The predicted molar refractivity (Wildman–Crippen MR) is 88.1 cm³/mol. The lowest BCUT2D eigenvalue weighted by molar-refractivity contribution is -0.139. The van der Waals surface area contributed by atoms with Gasteiger partial charge in [0.15, 0.2) is 6.10 Å². The second-order valence-corrected chi connectivity index (χ2v) is 6.18. The number of anilines is 1. The number of ether oxygens (including phenoxy) is 1. The molecule has 0 saturated carbocycles. The highest BCUT2D eigenvalue weighted by Crippen LogP contribution is 2.15. The molecule has 0 aromatic heterocycles. The SMILES string of the molecule is CC(C)C[C@H](OC(=O)Nc1ccc(Br)cc1)C(=O)NCC(=O)O. The van der Waals surface area contributed by atoms with Gasteiger partial charge in [-0.1, -0.05) is 29.8 Å². The number of carbonyl (C=O) groups is 3. The number of hydrogen-bond donors (Lipinski definition) is 3. The maximum absolute atomic E-state index is 11.9. The number of carboxylic acid groups (broad SMARTS) is 1. The number of aliphatic carboxylic acids is 1. The van der Waals surface area contributed by atoms with Crippen molar-refractivity contribution in [2.45, 2.75) is 26.4 Å². The standard InChI is InChI=1S/C15H19BrN2O5/c1-9(2)7-12(14(21)17-8-13(19)20)23-15(22)18-11-5-3-10(16)4-6-11/h3-6,9,12H,7-8H2,1-2H3,(H,17,21)(H,18,22)(H,19,20)/t12-/m0/s1. The van der Waals surface area contributed by atoms with Gasteiger partial charge in [-0.2, -0.15) is 0 Å². The maximum Gasteiger partial charge on any atom is 0.412 e. The molecule has 0 unspecified atom stereocenters. The lowest BCUT2D eigenvalue weighted by Crippen LogP contribution is -2.41. The Morgan fingerprint density at radius 3 is 2.35 bits per heavy atom. The zero-order valence-electron chi connectivity index (χ0n) is 12.8. The van der Waals surface area contributed by atoms with E-state index in [0.29, 0.717) is 12.1 Å². The first-order chi connectivity index (χ1) is 10.8. The van der Waals surface area contributed by atoms with E-state index in [0.717, 1.165) is 4.47 Å². The van der Waals surface area contributed by atoms with Gasteiger partial charge in [0.25, 0.3) is 5.91 Å². The van der Waals surface area contributed by atoms with Gasteiger partial charge in [0.2, 0.25) is 0 Å². The normalized spacial score (nSPS) is 11.7. The minimum atomic E-state index is -1.17. The molecule has 23 heavy (non-hydrogen) atoms. The van der Waals surface area contributed by atoms with E-state index in [1.165, 1.54) is 0 Å². The topological polar surface area (TPSA) is 105 Å². The molecule has 0 spiro atoms. The van der Waals surface area contributed by atoms with Crippen molar-refractivity contribution in [2.75, 3.05) is 11.9 Å². The van der Waals surface area contributed by atoms with Crippen molar-refractivity contribution in [1.82, 2.24) is 5.32 Å². The number of nitrogens with one attached hydrogen (secondary N) is 2. The smallest absolute Gasteiger partial charge is 0.412 e. The Morgan fingerprint density at radius 1 is 1.22 bits per heavy atom. The molecular weight excluding hydrogens is 368 g/mol. The number of halogens is 1. The average molecular weight is 387 g/mol. The fourth-order valence-electron chi connectivity index (χ4n) is 1.72. The minimum Gasteiger partial charge on any atom is -0.480 e. The summed E-state index contributed by atoms with van der Waals surface area (Å²) in [5, 5.41) is 13.3. The van der Waals surface area contributed by atoms with Gasteiger partial charge in [-0.05, 0) is 36.6 Å². The maximum atomic E-state index is 11.9. The van der Waals surface area contributed by atoms with Crippen LogP contribution in [0.2, 0.25) is 0 Å². The summed E-state index contributed by atoms with van der Waals surface area (Å²) >= 11 is 3.28. The van der Waals surface area contributed by atoms with Crippen LogP contribution in [0.1, 0.15) is 20.3 Å². The predicted octanol–water partition coefficient (Wildman–Crippen LogP) is 2.61. The molecule has 1 aromatic rings. The van der Waals surface area contributed by atoms with Crippen molar-refractivity contribution >= 4 is 39.6 Å². The average Bonchev–Trinajstić information content (AvgIpc) is 2.46. The number of carbonyl (C=O) groups excluding carboxylic acids is 2. The largest absolute Gasteiger partial charge is 0.480 e. The van der Waals surface area contributed by atoms with E-state index in [1.54, 1.807) is 24.3 Å². The van der Waals surface area contributed by atoms with Crippen LogP contribution in [0, 0.1) is 5.92 Å². The fraction of sp³-hybridized carbons (Fsp3) is 0.400.